The fraction of sp³-hybridized carbons (Fsp3) is 0.103. The van der Waals surface area contributed by atoms with E-state index in [9.17, 15) is 18.4 Å². The first-order valence-corrected chi connectivity index (χ1v) is 11.2. The van der Waals surface area contributed by atoms with Gasteiger partial charge >= 0.3 is 0 Å². The number of nitrogens with zero attached hydrogens (tertiary/aromatic N) is 1. The fourth-order valence-electron chi connectivity index (χ4n) is 3.63. The van der Waals surface area contributed by atoms with E-state index < -0.39 is 0 Å². The zero-order chi connectivity index (χ0) is 24.6. The molecule has 4 aromatic rings. The molecule has 4 rings (SSSR count). The molecule has 0 spiro atoms. The van der Waals surface area contributed by atoms with E-state index in [1.54, 1.807) is 65.6 Å². The third-order valence-electron chi connectivity index (χ3n) is 5.54. The standard InChI is InChI=1S/C29H24F2N2O2/c30-25-12-6-22(7-13-25)19-32-28(34)18-21-10-16-27(17-11-21)33(20-23-8-14-26(31)15-9-23)29(35)24-4-2-1-3-5-24/h1-17H,18-20H2,(H,32,34). The Kier molecular flexibility index (Phi) is 7.63. The summed E-state index contributed by atoms with van der Waals surface area (Å²) >= 11 is 0. The first-order valence-electron chi connectivity index (χ1n) is 11.2. The van der Waals surface area contributed by atoms with E-state index in [2.05, 4.69) is 5.32 Å². The summed E-state index contributed by atoms with van der Waals surface area (Å²) in [5.41, 5.74) is 3.60. The van der Waals surface area contributed by atoms with Crippen LogP contribution in [-0.2, 0) is 24.3 Å². The fourth-order valence-corrected chi connectivity index (χ4v) is 3.63. The molecule has 35 heavy (non-hydrogen) atoms. The molecule has 2 amide bonds. The molecular formula is C29H24F2N2O2. The van der Waals surface area contributed by atoms with Gasteiger partial charge in [0.05, 0.1) is 13.0 Å². The molecule has 176 valence electrons. The minimum absolute atomic E-state index is 0.161. The number of carbonyl (C=O) groups excluding carboxylic acids is 2. The summed E-state index contributed by atoms with van der Waals surface area (Å²) in [6.45, 7) is 0.583. The smallest absolute Gasteiger partial charge is 0.258 e. The van der Waals surface area contributed by atoms with Gasteiger partial charge in [-0.2, -0.15) is 0 Å². The van der Waals surface area contributed by atoms with Gasteiger partial charge in [0.25, 0.3) is 5.91 Å². The first-order chi connectivity index (χ1) is 17.0. The molecule has 6 heteroatoms. The summed E-state index contributed by atoms with van der Waals surface area (Å²) in [6, 6.07) is 28.2. The molecule has 0 aromatic heterocycles. The lowest BCUT2D eigenvalue weighted by molar-refractivity contribution is -0.120. The van der Waals surface area contributed by atoms with Gasteiger partial charge in [-0.05, 0) is 65.2 Å². The van der Waals surface area contributed by atoms with Crippen LogP contribution in [0, 0.1) is 11.6 Å². The van der Waals surface area contributed by atoms with Crippen molar-refractivity contribution in [2.45, 2.75) is 19.5 Å². The highest BCUT2D eigenvalue weighted by molar-refractivity contribution is 6.06. The van der Waals surface area contributed by atoms with Crippen molar-refractivity contribution in [3.63, 3.8) is 0 Å². The predicted molar refractivity (Wildman–Crippen MR) is 132 cm³/mol. The topological polar surface area (TPSA) is 49.4 Å². The van der Waals surface area contributed by atoms with E-state index >= 15 is 0 Å². The number of rotatable bonds is 8. The average molecular weight is 471 g/mol. The Morgan fingerprint density at radius 3 is 1.80 bits per heavy atom. The molecule has 0 aliphatic carbocycles. The number of benzene rings is 4. The Balaban J connectivity index is 1.46. The number of nitrogens with one attached hydrogen (secondary N) is 1. The van der Waals surface area contributed by atoms with E-state index in [1.807, 2.05) is 18.2 Å². The van der Waals surface area contributed by atoms with Gasteiger partial charge in [0.2, 0.25) is 5.91 Å². The second-order valence-corrected chi connectivity index (χ2v) is 8.13. The molecule has 0 unspecified atom stereocenters. The van der Waals surface area contributed by atoms with Gasteiger partial charge < -0.3 is 10.2 Å². The van der Waals surface area contributed by atoms with Crippen LogP contribution in [0.4, 0.5) is 14.5 Å². The Hall–Kier alpha value is -4.32. The van der Waals surface area contributed by atoms with Gasteiger partial charge in [0.15, 0.2) is 0 Å². The van der Waals surface area contributed by atoms with Crippen molar-refractivity contribution >= 4 is 17.5 Å². The molecule has 0 saturated heterocycles. The maximum Gasteiger partial charge on any atom is 0.258 e. The molecule has 0 bridgehead atoms. The van der Waals surface area contributed by atoms with Crippen molar-refractivity contribution in [2.75, 3.05) is 4.90 Å². The summed E-state index contributed by atoms with van der Waals surface area (Å²) in [4.78, 5) is 27.3. The number of hydrogen-bond donors (Lipinski definition) is 1. The zero-order valence-corrected chi connectivity index (χ0v) is 19.0. The maximum atomic E-state index is 13.4. The number of amides is 2. The van der Waals surface area contributed by atoms with Gasteiger partial charge in [-0.15, -0.1) is 0 Å². The van der Waals surface area contributed by atoms with Crippen molar-refractivity contribution in [2.24, 2.45) is 0 Å². The van der Waals surface area contributed by atoms with Crippen molar-refractivity contribution < 1.29 is 18.4 Å². The largest absolute Gasteiger partial charge is 0.352 e. The zero-order valence-electron chi connectivity index (χ0n) is 19.0. The number of hydrogen-bond acceptors (Lipinski definition) is 2. The third kappa shape index (κ3) is 6.60. The summed E-state index contributed by atoms with van der Waals surface area (Å²) in [7, 11) is 0. The second kappa shape index (κ2) is 11.2. The lowest BCUT2D eigenvalue weighted by atomic mass is 10.1. The molecule has 0 aliphatic heterocycles. The van der Waals surface area contributed by atoms with Crippen LogP contribution in [0.25, 0.3) is 0 Å². The van der Waals surface area contributed by atoms with Crippen molar-refractivity contribution in [1.29, 1.82) is 0 Å². The number of halogens is 2. The molecule has 4 aromatic carbocycles. The van der Waals surface area contributed by atoms with Gasteiger partial charge in [-0.1, -0.05) is 54.6 Å². The van der Waals surface area contributed by atoms with Crippen LogP contribution in [0.2, 0.25) is 0 Å². The lowest BCUT2D eigenvalue weighted by Gasteiger charge is -2.23. The van der Waals surface area contributed by atoms with Crippen LogP contribution >= 0.6 is 0 Å². The SMILES string of the molecule is O=C(Cc1ccc(N(Cc2ccc(F)cc2)C(=O)c2ccccc2)cc1)NCc1ccc(F)cc1. The van der Waals surface area contributed by atoms with E-state index in [0.717, 1.165) is 16.7 Å². The maximum absolute atomic E-state index is 13.4. The molecule has 4 nitrogen and oxygen atoms in total. The Morgan fingerprint density at radius 2 is 1.20 bits per heavy atom. The third-order valence-corrected chi connectivity index (χ3v) is 5.54. The molecule has 0 radical (unpaired) electrons. The van der Waals surface area contributed by atoms with Crippen molar-refractivity contribution in [3.8, 4) is 0 Å². The van der Waals surface area contributed by atoms with Gasteiger partial charge in [-0.3, -0.25) is 9.59 Å². The predicted octanol–water partition coefficient (Wildman–Crippen LogP) is 5.67. The van der Waals surface area contributed by atoms with Crippen LogP contribution in [0.5, 0.6) is 0 Å². The Labute approximate surface area is 202 Å². The molecule has 0 atom stereocenters. The highest BCUT2D eigenvalue weighted by atomic mass is 19.1. The van der Waals surface area contributed by atoms with Gasteiger partial charge in [0, 0.05) is 17.8 Å². The molecule has 0 fully saturated rings. The first kappa shape index (κ1) is 23.8. The summed E-state index contributed by atoms with van der Waals surface area (Å²) in [5.74, 6) is -0.999. The van der Waals surface area contributed by atoms with Crippen molar-refractivity contribution in [3.05, 3.63) is 137 Å². The lowest BCUT2D eigenvalue weighted by Crippen LogP contribution is -2.30. The molecule has 1 N–H and O–H groups in total. The van der Waals surface area contributed by atoms with Crippen LogP contribution in [0.15, 0.2) is 103 Å². The van der Waals surface area contributed by atoms with Gasteiger partial charge in [0.1, 0.15) is 11.6 Å². The molecule has 0 aliphatic rings. The normalized spacial score (nSPS) is 10.6. The van der Waals surface area contributed by atoms with E-state index in [1.165, 1.54) is 24.3 Å². The molecule has 0 heterocycles. The Bertz CT molecular complexity index is 1270. The quantitative estimate of drug-likeness (QED) is 0.361. The van der Waals surface area contributed by atoms with E-state index in [0.29, 0.717) is 17.8 Å². The molecular weight excluding hydrogens is 446 g/mol. The minimum atomic E-state index is -0.336. The molecule has 0 saturated carbocycles. The van der Waals surface area contributed by atoms with Crippen LogP contribution in [0.1, 0.15) is 27.0 Å². The van der Waals surface area contributed by atoms with Crippen LogP contribution < -0.4 is 10.2 Å². The minimum Gasteiger partial charge on any atom is -0.352 e. The summed E-state index contributed by atoms with van der Waals surface area (Å²) in [5, 5.41) is 2.82. The van der Waals surface area contributed by atoms with Crippen LogP contribution in [-0.4, -0.2) is 11.8 Å². The number of anilines is 1. The summed E-state index contributed by atoms with van der Waals surface area (Å²) in [6.07, 6.45) is 0.173. The summed E-state index contributed by atoms with van der Waals surface area (Å²) < 4.78 is 26.4. The highest BCUT2D eigenvalue weighted by Gasteiger charge is 2.18. The Morgan fingerprint density at radius 1 is 0.657 bits per heavy atom. The highest BCUT2D eigenvalue weighted by Crippen LogP contribution is 2.22. The van der Waals surface area contributed by atoms with Crippen LogP contribution in [0.3, 0.4) is 0 Å². The van der Waals surface area contributed by atoms with E-state index in [-0.39, 0.29) is 36.4 Å². The number of carbonyl (C=O) groups is 2. The van der Waals surface area contributed by atoms with Crippen molar-refractivity contribution in [1.82, 2.24) is 5.32 Å². The average Bonchev–Trinajstić information content (AvgIpc) is 2.89. The second-order valence-electron chi connectivity index (χ2n) is 8.13. The van der Waals surface area contributed by atoms with Gasteiger partial charge in [-0.25, -0.2) is 8.78 Å². The monoisotopic (exact) mass is 470 g/mol. The van der Waals surface area contributed by atoms with E-state index in [4.69, 9.17) is 0 Å².